The number of aromatic nitrogens is 2. The maximum atomic E-state index is 10.7. The summed E-state index contributed by atoms with van der Waals surface area (Å²) in [6.07, 6.45) is 2.62. The second kappa shape index (κ2) is 4.10. The fourth-order valence-corrected chi connectivity index (χ4v) is 2.25. The van der Waals surface area contributed by atoms with E-state index in [0.29, 0.717) is 24.7 Å². The molecule has 3 unspecified atom stereocenters. The normalized spacial score (nSPS) is 32.4. The zero-order chi connectivity index (χ0) is 11.8. The van der Waals surface area contributed by atoms with Crippen molar-refractivity contribution in [2.45, 2.75) is 31.1 Å². The van der Waals surface area contributed by atoms with Crippen LogP contribution in [0.1, 0.15) is 42.8 Å². The molecule has 92 valence electrons. The van der Waals surface area contributed by atoms with E-state index >= 15 is 0 Å². The summed E-state index contributed by atoms with van der Waals surface area (Å²) in [7, 11) is 0. The number of rotatable bonds is 3. The molecule has 6 nitrogen and oxygen atoms in total. The molecule has 1 N–H and O–H groups in total. The van der Waals surface area contributed by atoms with Crippen LogP contribution in [0.15, 0.2) is 4.52 Å². The van der Waals surface area contributed by atoms with Crippen molar-refractivity contribution in [2.75, 3.05) is 13.2 Å². The van der Waals surface area contributed by atoms with Crippen molar-refractivity contribution < 1.29 is 19.2 Å². The molecule has 1 aliphatic heterocycles. The predicted octanol–water partition coefficient (Wildman–Crippen LogP) is 1.15. The van der Waals surface area contributed by atoms with Gasteiger partial charge in [0.15, 0.2) is 5.82 Å². The van der Waals surface area contributed by atoms with Crippen LogP contribution in [0.5, 0.6) is 0 Å². The molecule has 2 heterocycles. The molecule has 1 saturated heterocycles. The molecule has 0 radical (unpaired) electrons. The highest BCUT2D eigenvalue weighted by molar-refractivity contribution is 5.74. The third-order valence-corrected chi connectivity index (χ3v) is 3.41. The lowest BCUT2D eigenvalue weighted by molar-refractivity contribution is -0.138. The maximum absolute atomic E-state index is 10.7. The Bertz CT molecular complexity index is 425. The summed E-state index contributed by atoms with van der Waals surface area (Å²) >= 11 is 0. The van der Waals surface area contributed by atoms with E-state index in [0.717, 1.165) is 19.4 Å². The molecular weight excluding hydrogens is 224 g/mol. The monoisotopic (exact) mass is 238 g/mol. The Morgan fingerprint density at radius 3 is 3.00 bits per heavy atom. The van der Waals surface area contributed by atoms with Gasteiger partial charge in [-0.05, 0) is 19.3 Å². The molecule has 0 amide bonds. The van der Waals surface area contributed by atoms with Crippen molar-refractivity contribution in [1.29, 1.82) is 0 Å². The fraction of sp³-hybridized carbons (Fsp3) is 0.727. The van der Waals surface area contributed by atoms with Crippen molar-refractivity contribution >= 4 is 5.97 Å². The smallest absolute Gasteiger partial charge is 0.307 e. The third kappa shape index (κ3) is 2.04. The molecule has 2 aliphatic rings. The lowest BCUT2D eigenvalue weighted by Crippen LogP contribution is -2.16. The van der Waals surface area contributed by atoms with Crippen LogP contribution in [0.3, 0.4) is 0 Å². The third-order valence-electron chi connectivity index (χ3n) is 3.41. The molecule has 1 aromatic heterocycles. The molecule has 3 atom stereocenters. The van der Waals surface area contributed by atoms with E-state index in [2.05, 4.69) is 10.1 Å². The number of hydrogen-bond donors (Lipinski definition) is 1. The van der Waals surface area contributed by atoms with E-state index in [4.69, 9.17) is 14.4 Å². The Hall–Kier alpha value is -1.43. The maximum Gasteiger partial charge on any atom is 0.307 e. The van der Waals surface area contributed by atoms with Crippen LogP contribution in [-0.4, -0.2) is 34.4 Å². The van der Waals surface area contributed by atoms with Crippen LogP contribution >= 0.6 is 0 Å². The van der Waals surface area contributed by atoms with E-state index in [1.165, 1.54) is 0 Å². The summed E-state index contributed by atoms with van der Waals surface area (Å²) in [6, 6.07) is 0. The quantitative estimate of drug-likeness (QED) is 0.850. The standard InChI is InChI=1S/C11H14N2O4/c14-11(15)8-4-7(8)10-12-9(13-17-10)6-2-1-3-16-5-6/h6-8H,1-5H2,(H,14,15). The van der Waals surface area contributed by atoms with E-state index in [1.807, 2.05) is 0 Å². The average Bonchev–Trinajstić information content (AvgIpc) is 3.01. The summed E-state index contributed by atoms with van der Waals surface area (Å²) in [5, 5.41) is 12.8. The molecular formula is C11H14N2O4. The summed E-state index contributed by atoms with van der Waals surface area (Å²) in [4.78, 5) is 15.1. The van der Waals surface area contributed by atoms with Crippen LogP contribution < -0.4 is 0 Å². The van der Waals surface area contributed by atoms with Gasteiger partial charge in [0, 0.05) is 12.5 Å². The van der Waals surface area contributed by atoms with Gasteiger partial charge in [-0.2, -0.15) is 4.98 Å². The number of hydrogen-bond acceptors (Lipinski definition) is 5. The van der Waals surface area contributed by atoms with Crippen molar-refractivity contribution in [3.63, 3.8) is 0 Å². The van der Waals surface area contributed by atoms with Crippen molar-refractivity contribution in [1.82, 2.24) is 10.1 Å². The molecule has 0 spiro atoms. The number of carboxylic acid groups (broad SMARTS) is 1. The van der Waals surface area contributed by atoms with Gasteiger partial charge in [0.25, 0.3) is 0 Å². The van der Waals surface area contributed by atoms with E-state index in [1.54, 1.807) is 0 Å². The molecule has 2 fully saturated rings. The Labute approximate surface area is 98.0 Å². The van der Waals surface area contributed by atoms with Gasteiger partial charge in [0.05, 0.1) is 18.4 Å². The van der Waals surface area contributed by atoms with Crippen molar-refractivity contribution in [3.8, 4) is 0 Å². The molecule has 6 heteroatoms. The number of carbonyl (C=O) groups is 1. The molecule has 3 rings (SSSR count). The molecule has 1 saturated carbocycles. The first-order valence-corrected chi connectivity index (χ1v) is 5.89. The number of ether oxygens (including phenoxy) is 1. The number of carboxylic acids is 1. The van der Waals surface area contributed by atoms with Gasteiger partial charge in [-0.3, -0.25) is 4.79 Å². The minimum atomic E-state index is -0.782. The van der Waals surface area contributed by atoms with Gasteiger partial charge in [-0.25, -0.2) is 0 Å². The summed E-state index contributed by atoms with van der Waals surface area (Å²) in [5.74, 6) is 0.122. The van der Waals surface area contributed by atoms with E-state index in [-0.39, 0.29) is 17.8 Å². The van der Waals surface area contributed by atoms with Crippen LogP contribution in [0.2, 0.25) is 0 Å². The van der Waals surface area contributed by atoms with Crippen LogP contribution in [0.4, 0.5) is 0 Å². The second-order valence-electron chi connectivity index (χ2n) is 4.69. The molecule has 1 aliphatic carbocycles. The first-order valence-electron chi connectivity index (χ1n) is 5.89. The molecule has 0 bridgehead atoms. The topological polar surface area (TPSA) is 85.5 Å². The Morgan fingerprint density at radius 2 is 2.35 bits per heavy atom. The van der Waals surface area contributed by atoms with Crippen molar-refractivity contribution in [2.24, 2.45) is 5.92 Å². The molecule has 1 aromatic rings. The summed E-state index contributed by atoms with van der Waals surface area (Å²) in [5.41, 5.74) is 0. The first kappa shape index (κ1) is 10.7. The van der Waals surface area contributed by atoms with Crippen molar-refractivity contribution in [3.05, 3.63) is 11.7 Å². The predicted molar refractivity (Wildman–Crippen MR) is 55.6 cm³/mol. The molecule has 17 heavy (non-hydrogen) atoms. The lowest BCUT2D eigenvalue weighted by Gasteiger charge is -2.18. The zero-order valence-corrected chi connectivity index (χ0v) is 9.33. The highest BCUT2D eigenvalue weighted by Crippen LogP contribution is 2.47. The van der Waals surface area contributed by atoms with Crippen LogP contribution in [-0.2, 0) is 9.53 Å². The van der Waals surface area contributed by atoms with Gasteiger partial charge in [0.2, 0.25) is 5.89 Å². The SMILES string of the molecule is O=C(O)C1CC1c1nc(C2CCCOC2)no1. The largest absolute Gasteiger partial charge is 0.481 e. The average molecular weight is 238 g/mol. The van der Waals surface area contributed by atoms with Gasteiger partial charge in [-0.1, -0.05) is 5.16 Å². The van der Waals surface area contributed by atoms with Crippen LogP contribution in [0.25, 0.3) is 0 Å². The Kier molecular flexibility index (Phi) is 2.58. The van der Waals surface area contributed by atoms with Gasteiger partial charge in [0.1, 0.15) is 0 Å². The minimum Gasteiger partial charge on any atom is -0.481 e. The Morgan fingerprint density at radius 1 is 1.47 bits per heavy atom. The highest BCUT2D eigenvalue weighted by atomic mass is 16.5. The lowest BCUT2D eigenvalue weighted by atomic mass is 10.0. The van der Waals surface area contributed by atoms with Gasteiger partial charge in [-0.15, -0.1) is 0 Å². The van der Waals surface area contributed by atoms with E-state index in [9.17, 15) is 4.79 Å². The van der Waals surface area contributed by atoms with E-state index < -0.39 is 5.97 Å². The zero-order valence-electron chi connectivity index (χ0n) is 9.33. The second-order valence-corrected chi connectivity index (χ2v) is 4.69. The minimum absolute atomic E-state index is 0.0849. The number of nitrogens with zero attached hydrogens (tertiary/aromatic N) is 2. The van der Waals surface area contributed by atoms with Crippen LogP contribution in [0, 0.1) is 5.92 Å². The number of aliphatic carboxylic acids is 1. The van der Waals surface area contributed by atoms with Gasteiger partial charge < -0.3 is 14.4 Å². The molecule has 0 aromatic carbocycles. The summed E-state index contributed by atoms with van der Waals surface area (Å²) < 4.78 is 10.5. The first-order chi connectivity index (χ1) is 8.25. The highest BCUT2D eigenvalue weighted by Gasteiger charge is 2.48. The Balaban J connectivity index is 1.68. The fourth-order valence-electron chi connectivity index (χ4n) is 2.25. The summed E-state index contributed by atoms with van der Waals surface area (Å²) in [6.45, 7) is 1.43. The van der Waals surface area contributed by atoms with Gasteiger partial charge >= 0.3 is 5.97 Å².